The summed E-state index contributed by atoms with van der Waals surface area (Å²) in [6, 6.07) is 14.5. The van der Waals surface area contributed by atoms with Crippen molar-refractivity contribution in [2.45, 2.75) is 56.9 Å². The van der Waals surface area contributed by atoms with E-state index in [0.717, 1.165) is 10.5 Å². The minimum Gasteiger partial charge on any atom is -0.444 e. The van der Waals surface area contributed by atoms with Crippen LogP contribution in [0.25, 0.3) is 0 Å². The third-order valence-electron chi connectivity index (χ3n) is 3.74. The van der Waals surface area contributed by atoms with Crippen LogP contribution in [0, 0.1) is 0 Å². The SMILES string of the molecule is CC(C)Sc1ccc(NC(=O)Oc2ccccc2)cc1CN(C)C(=O)OC(C)(C)C. The number of para-hydroxylation sites is 1. The normalized spacial score (nSPS) is 11.2. The zero-order chi connectivity index (χ0) is 22.3. The lowest BCUT2D eigenvalue weighted by molar-refractivity contribution is 0.0284. The Hall–Kier alpha value is -2.67. The number of amides is 2. The summed E-state index contributed by atoms with van der Waals surface area (Å²) in [6.07, 6.45) is -0.971. The van der Waals surface area contributed by atoms with E-state index in [1.807, 2.05) is 45.0 Å². The van der Waals surface area contributed by atoms with Crippen molar-refractivity contribution in [2.24, 2.45) is 0 Å². The van der Waals surface area contributed by atoms with Crippen LogP contribution in [0.2, 0.25) is 0 Å². The van der Waals surface area contributed by atoms with E-state index in [0.29, 0.717) is 23.2 Å². The highest BCUT2D eigenvalue weighted by molar-refractivity contribution is 8.00. The summed E-state index contributed by atoms with van der Waals surface area (Å²) in [5, 5.41) is 3.12. The largest absolute Gasteiger partial charge is 0.444 e. The van der Waals surface area contributed by atoms with Gasteiger partial charge in [0, 0.05) is 29.4 Å². The second-order valence-corrected chi connectivity index (χ2v) is 9.77. The first-order chi connectivity index (χ1) is 14.0. The standard InChI is InChI=1S/C23H30N2O4S/c1-16(2)30-20-13-12-18(24-21(26)28-19-10-8-7-9-11-19)14-17(20)15-25(6)22(27)29-23(3,4)5/h7-14,16H,15H2,1-6H3,(H,24,26). The van der Waals surface area contributed by atoms with Gasteiger partial charge in [0.15, 0.2) is 0 Å². The van der Waals surface area contributed by atoms with Gasteiger partial charge in [-0.25, -0.2) is 9.59 Å². The van der Waals surface area contributed by atoms with Crippen molar-refractivity contribution in [3.63, 3.8) is 0 Å². The lowest BCUT2D eigenvalue weighted by Crippen LogP contribution is -2.34. The molecule has 0 aliphatic rings. The fourth-order valence-corrected chi connectivity index (χ4v) is 3.48. The van der Waals surface area contributed by atoms with Crippen molar-refractivity contribution >= 4 is 29.6 Å². The molecule has 2 rings (SSSR count). The van der Waals surface area contributed by atoms with Crippen LogP contribution in [0.4, 0.5) is 15.3 Å². The molecule has 0 bridgehead atoms. The number of nitrogens with zero attached hydrogens (tertiary/aromatic N) is 1. The van der Waals surface area contributed by atoms with Gasteiger partial charge in [0.25, 0.3) is 0 Å². The molecule has 0 fully saturated rings. The van der Waals surface area contributed by atoms with Crippen LogP contribution in [-0.4, -0.2) is 35.0 Å². The fourth-order valence-electron chi connectivity index (χ4n) is 2.55. The van der Waals surface area contributed by atoms with Gasteiger partial charge < -0.3 is 14.4 Å². The molecule has 1 N–H and O–H groups in total. The summed E-state index contributed by atoms with van der Waals surface area (Å²) >= 11 is 1.70. The monoisotopic (exact) mass is 430 g/mol. The molecular weight excluding hydrogens is 400 g/mol. The highest BCUT2D eigenvalue weighted by Gasteiger charge is 2.21. The molecular formula is C23H30N2O4S. The molecule has 0 aliphatic heterocycles. The molecule has 2 aromatic rings. The Morgan fingerprint density at radius 3 is 2.37 bits per heavy atom. The van der Waals surface area contributed by atoms with Crippen molar-refractivity contribution in [1.29, 1.82) is 0 Å². The number of hydrogen-bond acceptors (Lipinski definition) is 5. The summed E-state index contributed by atoms with van der Waals surface area (Å²) in [7, 11) is 1.70. The minimum atomic E-state index is -0.572. The van der Waals surface area contributed by atoms with Crippen LogP contribution in [0.5, 0.6) is 5.75 Å². The smallest absolute Gasteiger partial charge is 0.417 e. The van der Waals surface area contributed by atoms with E-state index in [4.69, 9.17) is 9.47 Å². The molecule has 0 saturated carbocycles. The lowest BCUT2D eigenvalue weighted by Gasteiger charge is -2.25. The molecule has 7 heteroatoms. The Morgan fingerprint density at radius 1 is 1.10 bits per heavy atom. The highest BCUT2D eigenvalue weighted by atomic mass is 32.2. The molecule has 0 radical (unpaired) electrons. The second-order valence-electron chi connectivity index (χ2n) is 8.15. The quantitative estimate of drug-likeness (QED) is 0.556. The van der Waals surface area contributed by atoms with E-state index in [1.54, 1.807) is 43.1 Å². The van der Waals surface area contributed by atoms with Crippen LogP contribution in [0.1, 0.15) is 40.2 Å². The summed E-state index contributed by atoms with van der Waals surface area (Å²) in [5.41, 5.74) is 0.946. The highest BCUT2D eigenvalue weighted by Crippen LogP contribution is 2.30. The Labute approximate surface area is 182 Å². The van der Waals surface area contributed by atoms with E-state index in [1.165, 1.54) is 4.90 Å². The summed E-state index contributed by atoms with van der Waals surface area (Å²) in [4.78, 5) is 27.2. The van der Waals surface area contributed by atoms with E-state index >= 15 is 0 Å². The number of benzene rings is 2. The van der Waals surface area contributed by atoms with Crippen molar-refractivity contribution in [3.8, 4) is 5.75 Å². The zero-order valence-electron chi connectivity index (χ0n) is 18.4. The number of hydrogen-bond donors (Lipinski definition) is 1. The third-order valence-corrected chi connectivity index (χ3v) is 4.86. The summed E-state index contributed by atoms with van der Waals surface area (Å²) < 4.78 is 10.7. The molecule has 0 aromatic heterocycles. The Morgan fingerprint density at radius 2 is 1.77 bits per heavy atom. The molecule has 0 unspecified atom stereocenters. The second kappa shape index (κ2) is 10.4. The Kier molecular flexibility index (Phi) is 8.17. The molecule has 0 saturated heterocycles. The molecule has 0 aliphatic carbocycles. The van der Waals surface area contributed by atoms with Gasteiger partial charge in [-0.3, -0.25) is 5.32 Å². The van der Waals surface area contributed by atoms with Gasteiger partial charge in [-0.05, 0) is 56.7 Å². The van der Waals surface area contributed by atoms with Gasteiger partial charge >= 0.3 is 12.2 Å². The predicted octanol–water partition coefficient (Wildman–Crippen LogP) is 6.16. The Balaban J connectivity index is 2.15. The predicted molar refractivity (Wildman–Crippen MR) is 121 cm³/mol. The molecule has 2 amide bonds. The number of thioether (sulfide) groups is 1. The van der Waals surface area contributed by atoms with E-state index in [2.05, 4.69) is 19.2 Å². The maximum atomic E-state index is 12.4. The number of carbonyl (C=O) groups excluding carboxylic acids is 2. The zero-order valence-corrected chi connectivity index (χ0v) is 19.2. The van der Waals surface area contributed by atoms with Gasteiger partial charge in [0.05, 0.1) is 0 Å². The molecule has 2 aromatic carbocycles. The summed E-state index contributed by atoms with van der Waals surface area (Å²) in [6.45, 7) is 10.1. The topological polar surface area (TPSA) is 67.9 Å². The van der Waals surface area contributed by atoms with Gasteiger partial charge in [-0.2, -0.15) is 0 Å². The van der Waals surface area contributed by atoms with Crippen LogP contribution in [0.3, 0.4) is 0 Å². The van der Waals surface area contributed by atoms with Crippen molar-refractivity contribution in [1.82, 2.24) is 4.90 Å². The molecule has 0 heterocycles. The van der Waals surface area contributed by atoms with Crippen LogP contribution in [0.15, 0.2) is 53.4 Å². The van der Waals surface area contributed by atoms with Crippen molar-refractivity contribution in [3.05, 3.63) is 54.1 Å². The average Bonchev–Trinajstić information content (AvgIpc) is 2.62. The lowest BCUT2D eigenvalue weighted by atomic mass is 10.2. The molecule has 0 atom stereocenters. The average molecular weight is 431 g/mol. The maximum Gasteiger partial charge on any atom is 0.417 e. The Bertz CT molecular complexity index is 863. The number of carbonyl (C=O) groups is 2. The van der Waals surface area contributed by atoms with Crippen molar-refractivity contribution in [2.75, 3.05) is 12.4 Å². The van der Waals surface area contributed by atoms with Crippen LogP contribution < -0.4 is 10.1 Å². The fraction of sp³-hybridized carbons (Fsp3) is 0.391. The number of anilines is 1. The molecule has 162 valence electrons. The third kappa shape index (κ3) is 7.99. The van der Waals surface area contributed by atoms with Gasteiger partial charge in [-0.15, -0.1) is 11.8 Å². The first kappa shape index (κ1) is 23.6. The molecule has 0 spiro atoms. The maximum absolute atomic E-state index is 12.4. The van der Waals surface area contributed by atoms with Gasteiger partial charge in [0.2, 0.25) is 0 Å². The minimum absolute atomic E-state index is 0.354. The number of rotatable bonds is 6. The van der Waals surface area contributed by atoms with E-state index < -0.39 is 17.8 Å². The van der Waals surface area contributed by atoms with Crippen LogP contribution in [-0.2, 0) is 11.3 Å². The van der Waals surface area contributed by atoms with Gasteiger partial charge in [0.1, 0.15) is 11.4 Å². The summed E-state index contributed by atoms with van der Waals surface area (Å²) in [5.74, 6) is 0.465. The molecule has 30 heavy (non-hydrogen) atoms. The van der Waals surface area contributed by atoms with Crippen molar-refractivity contribution < 1.29 is 19.1 Å². The van der Waals surface area contributed by atoms with E-state index in [-0.39, 0.29) is 0 Å². The van der Waals surface area contributed by atoms with Crippen LogP contribution >= 0.6 is 11.8 Å². The number of nitrogens with one attached hydrogen (secondary N) is 1. The van der Waals surface area contributed by atoms with Gasteiger partial charge in [-0.1, -0.05) is 32.0 Å². The first-order valence-corrected chi connectivity index (χ1v) is 10.7. The molecule has 6 nitrogen and oxygen atoms in total. The van der Waals surface area contributed by atoms with E-state index in [9.17, 15) is 9.59 Å². The first-order valence-electron chi connectivity index (χ1n) is 9.81. The number of ether oxygens (including phenoxy) is 2.